The second kappa shape index (κ2) is 6.41. The summed E-state index contributed by atoms with van der Waals surface area (Å²) in [5.41, 5.74) is 2.50. The van der Waals surface area contributed by atoms with Crippen molar-refractivity contribution in [1.29, 1.82) is 0 Å². The molecule has 2 atom stereocenters. The molecule has 0 amide bonds. The number of nitro benzene ring substituents is 1. The summed E-state index contributed by atoms with van der Waals surface area (Å²) in [6.07, 6.45) is 4.97. The van der Waals surface area contributed by atoms with Crippen LogP contribution >= 0.6 is 0 Å². The molecule has 2 aromatic rings. The Labute approximate surface area is 145 Å². The third-order valence-electron chi connectivity index (χ3n) is 5.25. The minimum Gasteiger partial charge on any atom is -0.289 e. The molecule has 2 bridgehead atoms. The number of hydrogen-bond donors (Lipinski definition) is 0. The summed E-state index contributed by atoms with van der Waals surface area (Å²) in [6, 6.07) is 14.8. The first-order valence-corrected chi connectivity index (χ1v) is 8.56. The Bertz CT molecular complexity index is 835. The van der Waals surface area contributed by atoms with Gasteiger partial charge in [0.2, 0.25) is 0 Å². The molecule has 4 rings (SSSR count). The number of nitro groups is 1. The number of fused-ring (bicyclic) bond motifs is 2. The molecule has 0 N–H and O–H groups in total. The summed E-state index contributed by atoms with van der Waals surface area (Å²) in [5, 5.41) is 11.0. The molecule has 0 aliphatic carbocycles. The highest BCUT2D eigenvalue weighted by molar-refractivity contribution is 5.70. The van der Waals surface area contributed by atoms with Crippen molar-refractivity contribution in [3.8, 4) is 0 Å². The van der Waals surface area contributed by atoms with E-state index in [2.05, 4.69) is 23.1 Å². The lowest BCUT2D eigenvalue weighted by molar-refractivity contribution is -0.384. The van der Waals surface area contributed by atoms with Crippen LogP contribution < -0.4 is 0 Å². The predicted molar refractivity (Wildman–Crippen MR) is 94.4 cm³/mol. The maximum absolute atomic E-state index is 14.3. The average Bonchev–Trinajstić information content (AvgIpc) is 2.84. The smallest absolute Gasteiger partial charge is 0.270 e. The Hall–Kier alpha value is -2.53. The molecule has 5 heteroatoms. The van der Waals surface area contributed by atoms with Gasteiger partial charge in [-0.1, -0.05) is 36.4 Å². The normalized spacial score (nSPS) is 22.7. The second-order valence-corrected chi connectivity index (χ2v) is 6.77. The zero-order chi connectivity index (χ0) is 17.4. The van der Waals surface area contributed by atoms with Crippen LogP contribution in [0.5, 0.6) is 0 Å². The number of non-ortho nitro benzene ring substituents is 1. The van der Waals surface area contributed by atoms with Crippen molar-refractivity contribution < 1.29 is 9.31 Å². The monoisotopic (exact) mass is 338 g/mol. The van der Waals surface area contributed by atoms with Gasteiger partial charge in [-0.25, -0.2) is 4.39 Å². The van der Waals surface area contributed by atoms with Crippen LogP contribution in [0.4, 0.5) is 10.1 Å². The highest BCUT2D eigenvalue weighted by atomic mass is 19.1. The summed E-state index contributed by atoms with van der Waals surface area (Å²) < 4.78 is 14.3. The Balaban J connectivity index is 1.62. The van der Waals surface area contributed by atoms with E-state index in [1.165, 1.54) is 23.8 Å². The molecule has 2 aliphatic rings. The second-order valence-electron chi connectivity index (χ2n) is 6.77. The molecule has 0 aromatic heterocycles. The number of hydrogen-bond acceptors (Lipinski definition) is 3. The Morgan fingerprint density at radius 1 is 1.16 bits per heavy atom. The number of halogens is 1. The van der Waals surface area contributed by atoms with Gasteiger partial charge in [0, 0.05) is 36.3 Å². The third-order valence-corrected chi connectivity index (χ3v) is 5.25. The first-order chi connectivity index (χ1) is 12.1. The van der Waals surface area contributed by atoms with E-state index in [0.717, 1.165) is 31.4 Å². The quantitative estimate of drug-likeness (QED) is 0.607. The number of nitrogens with zero attached hydrogens (tertiary/aromatic N) is 2. The molecule has 25 heavy (non-hydrogen) atoms. The number of benzene rings is 2. The molecule has 2 aliphatic heterocycles. The largest absolute Gasteiger partial charge is 0.289 e. The van der Waals surface area contributed by atoms with Gasteiger partial charge >= 0.3 is 0 Å². The molecule has 1 fully saturated rings. The minimum atomic E-state index is -0.470. The van der Waals surface area contributed by atoms with Gasteiger partial charge < -0.3 is 0 Å². The van der Waals surface area contributed by atoms with Crippen molar-refractivity contribution in [2.24, 2.45) is 0 Å². The van der Waals surface area contributed by atoms with Crippen molar-refractivity contribution in [2.75, 3.05) is 0 Å². The molecule has 128 valence electrons. The Morgan fingerprint density at radius 2 is 1.96 bits per heavy atom. The summed E-state index contributed by atoms with van der Waals surface area (Å²) in [4.78, 5) is 13.0. The lowest BCUT2D eigenvalue weighted by atomic mass is 9.93. The van der Waals surface area contributed by atoms with Gasteiger partial charge in [-0.2, -0.15) is 0 Å². The van der Waals surface area contributed by atoms with Crippen molar-refractivity contribution in [3.63, 3.8) is 0 Å². The van der Waals surface area contributed by atoms with Crippen molar-refractivity contribution in [3.05, 3.63) is 81.7 Å². The van der Waals surface area contributed by atoms with Gasteiger partial charge in [0.05, 0.1) is 4.92 Å². The van der Waals surface area contributed by atoms with Gasteiger partial charge in [0.15, 0.2) is 0 Å². The van der Waals surface area contributed by atoms with Crippen LogP contribution in [0, 0.1) is 15.9 Å². The topological polar surface area (TPSA) is 46.4 Å². The summed E-state index contributed by atoms with van der Waals surface area (Å²) in [5.74, 6) is -0.382. The summed E-state index contributed by atoms with van der Waals surface area (Å²) in [6.45, 7) is 0.886. The van der Waals surface area contributed by atoms with E-state index in [1.54, 1.807) is 0 Å². The van der Waals surface area contributed by atoms with Crippen molar-refractivity contribution in [1.82, 2.24) is 4.90 Å². The van der Waals surface area contributed by atoms with E-state index in [4.69, 9.17) is 0 Å². The van der Waals surface area contributed by atoms with Crippen LogP contribution in [0.15, 0.2) is 54.6 Å². The molecular weight excluding hydrogens is 319 g/mol. The number of rotatable bonds is 4. The maximum atomic E-state index is 14.3. The van der Waals surface area contributed by atoms with E-state index >= 15 is 0 Å². The maximum Gasteiger partial charge on any atom is 0.270 e. The fourth-order valence-corrected chi connectivity index (χ4v) is 4.03. The first kappa shape index (κ1) is 16.0. The highest BCUT2D eigenvalue weighted by Gasteiger charge is 2.37. The minimum absolute atomic E-state index is 0.0589. The standard InChI is InChI=1S/C20H19FN2O2/c21-20-9-8-18(23(24)25)12-19(20)15-10-16-6-7-17(11-15)22(16)13-14-4-2-1-3-5-14/h1-5,8-10,12,16-17H,6-7,11,13H2. The average molecular weight is 338 g/mol. The SMILES string of the molecule is O=[N+]([O-])c1ccc(F)c(C2=CC3CCC(C2)N3Cc2ccccc2)c1. The van der Waals surface area contributed by atoms with Gasteiger partial charge in [-0.3, -0.25) is 15.0 Å². The molecule has 2 heterocycles. The van der Waals surface area contributed by atoms with Crippen LogP contribution in [-0.2, 0) is 6.54 Å². The van der Waals surface area contributed by atoms with E-state index in [1.807, 2.05) is 18.2 Å². The van der Waals surface area contributed by atoms with E-state index in [9.17, 15) is 14.5 Å². The molecule has 4 nitrogen and oxygen atoms in total. The summed E-state index contributed by atoms with van der Waals surface area (Å²) >= 11 is 0. The molecule has 0 spiro atoms. The molecule has 0 saturated carbocycles. The molecule has 2 unspecified atom stereocenters. The lowest BCUT2D eigenvalue weighted by Crippen LogP contribution is -2.37. The van der Waals surface area contributed by atoms with Gasteiger partial charge in [-0.15, -0.1) is 0 Å². The van der Waals surface area contributed by atoms with Crippen LogP contribution in [0.1, 0.15) is 30.4 Å². The third kappa shape index (κ3) is 3.07. The van der Waals surface area contributed by atoms with Crippen molar-refractivity contribution >= 4 is 11.3 Å². The van der Waals surface area contributed by atoms with Gasteiger partial charge in [0.1, 0.15) is 5.82 Å². The molecular formula is C20H19FN2O2. The van der Waals surface area contributed by atoms with Crippen LogP contribution in [0.3, 0.4) is 0 Å². The van der Waals surface area contributed by atoms with Crippen molar-refractivity contribution in [2.45, 2.75) is 37.9 Å². The fourth-order valence-electron chi connectivity index (χ4n) is 4.03. The Morgan fingerprint density at radius 3 is 2.68 bits per heavy atom. The van der Waals surface area contributed by atoms with Gasteiger partial charge in [-0.05, 0) is 36.5 Å². The highest BCUT2D eigenvalue weighted by Crippen LogP contribution is 2.40. The zero-order valence-electron chi connectivity index (χ0n) is 13.8. The van der Waals surface area contributed by atoms with E-state index in [0.29, 0.717) is 11.6 Å². The van der Waals surface area contributed by atoms with E-state index in [-0.39, 0.29) is 17.5 Å². The summed E-state index contributed by atoms with van der Waals surface area (Å²) in [7, 11) is 0. The van der Waals surface area contributed by atoms with Crippen LogP contribution in [0.25, 0.3) is 5.57 Å². The predicted octanol–water partition coefficient (Wildman–Crippen LogP) is 4.55. The van der Waals surface area contributed by atoms with Crippen LogP contribution in [-0.4, -0.2) is 21.9 Å². The van der Waals surface area contributed by atoms with Crippen LogP contribution in [0.2, 0.25) is 0 Å². The lowest BCUT2D eigenvalue weighted by Gasteiger charge is -2.34. The van der Waals surface area contributed by atoms with Gasteiger partial charge in [0.25, 0.3) is 5.69 Å². The molecule has 1 saturated heterocycles. The van der Waals surface area contributed by atoms with E-state index < -0.39 is 4.92 Å². The fraction of sp³-hybridized carbons (Fsp3) is 0.300. The Kier molecular flexibility index (Phi) is 4.09. The zero-order valence-corrected chi connectivity index (χ0v) is 13.8. The molecule has 0 radical (unpaired) electrons. The first-order valence-electron chi connectivity index (χ1n) is 8.56. The molecule has 2 aromatic carbocycles.